The molecule has 0 amide bonds. The molecule has 0 saturated carbocycles. The first-order valence-electron chi connectivity index (χ1n) is 6.63. The Hall–Kier alpha value is -2.29. The SMILES string of the molecule is C/C=C/Cc1ccc(C(F)=C(F)c2ccc(F)cc2)cc1. The molecule has 0 atom stereocenters. The van der Waals surface area contributed by atoms with E-state index in [9.17, 15) is 13.2 Å². The standard InChI is InChI=1S/C18H15F3/c1-2-3-4-13-5-7-14(8-6-13)17(20)18(21)15-9-11-16(19)12-10-15/h2-3,5-12H,4H2,1H3/b3-2+,18-17?. The van der Waals surface area contributed by atoms with Gasteiger partial charge in [-0.2, -0.15) is 0 Å². The van der Waals surface area contributed by atoms with E-state index in [-0.39, 0.29) is 11.1 Å². The van der Waals surface area contributed by atoms with Crippen molar-refractivity contribution in [1.82, 2.24) is 0 Å². The molecule has 0 fully saturated rings. The molecule has 0 N–H and O–H groups in total. The van der Waals surface area contributed by atoms with Gasteiger partial charge >= 0.3 is 0 Å². The van der Waals surface area contributed by atoms with Crippen LogP contribution >= 0.6 is 0 Å². The van der Waals surface area contributed by atoms with E-state index in [1.54, 1.807) is 12.1 Å². The Balaban J connectivity index is 2.27. The van der Waals surface area contributed by atoms with Gasteiger partial charge in [-0.05, 0) is 43.2 Å². The average molecular weight is 288 g/mol. The van der Waals surface area contributed by atoms with Crippen molar-refractivity contribution in [1.29, 1.82) is 0 Å². The Morgan fingerprint density at radius 3 is 1.81 bits per heavy atom. The van der Waals surface area contributed by atoms with Gasteiger partial charge in [-0.25, -0.2) is 13.2 Å². The van der Waals surface area contributed by atoms with E-state index in [1.807, 2.05) is 19.1 Å². The topological polar surface area (TPSA) is 0 Å². The summed E-state index contributed by atoms with van der Waals surface area (Å²) in [5.74, 6) is -2.42. The lowest BCUT2D eigenvalue weighted by Crippen LogP contribution is -1.87. The zero-order valence-corrected chi connectivity index (χ0v) is 11.6. The number of hydrogen-bond acceptors (Lipinski definition) is 0. The van der Waals surface area contributed by atoms with E-state index in [0.29, 0.717) is 0 Å². The van der Waals surface area contributed by atoms with Crippen LogP contribution in [0.3, 0.4) is 0 Å². The predicted molar refractivity (Wildman–Crippen MR) is 80.4 cm³/mol. The van der Waals surface area contributed by atoms with Crippen LogP contribution < -0.4 is 0 Å². The number of rotatable bonds is 4. The maximum Gasteiger partial charge on any atom is 0.166 e. The minimum absolute atomic E-state index is 0.0203. The first-order valence-corrected chi connectivity index (χ1v) is 6.63. The maximum absolute atomic E-state index is 14.1. The van der Waals surface area contributed by atoms with E-state index >= 15 is 0 Å². The molecule has 3 heteroatoms. The molecular weight excluding hydrogens is 273 g/mol. The van der Waals surface area contributed by atoms with E-state index in [4.69, 9.17) is 0 Å². The van der Waals surface area contributed by atoms with Crippen LogP contribution in [0.1, 0.15) is 23.6 Å². The van der Waals surface area contributed by atoms with E-state index in [2.05, 4.69) is 0 Å². The van der Waals surface area contributed by atoms with Crippen LogP contribution in [0.5, 0.6) is 0 Å². The number of hydrogen-bond donors (Lipinski definition) is 0. The molecule has 0 bridgehead atoms. The molecule has 0 aliphatic heterocycles. The Morgan fingerprint density at radius 1 is 0.857 bits per heavy atom. The molecule has 0 aromatic heterocycles. The Labute approximate surface area is 122 Å². The van der Waals surface area contributed by atoms with Crippen molar-refractivity contribution in [3.05, 3.63) is 83.2 Å². The molecule has 2 aromatic carbocycles. The van der Waals surface area contributed by atoms with Gasteiger partial charge in [-0.3, -0.25) is 0 Å². The summed E-state index contributed by atoms with van der Waals surface area (Å²) < 4.78 is 40.9. The van der Waals surface area contributed by atoms with Crippen molar-refractivity contribution in [2.75, 3.05) is 0 Å². The van der Waals surface area contributed by atoms with Gasteiger partial charge in [0.2, 0.25) is 0 Å². The molecule has 2 rings (SSSR count). The summed E-state index contributed by atoms with van der Waals surface area (Å²) in [6.45, 7) is 1.93. The lowest BCUT2D eigenvalue weighted by Gasteiger charge is -2.03. The highest BCUT2D eigenvalue weighted by Gasteiger charge is 2.11. The quantitative estimate of drug-likeness (QED) is 0.499. The summed E-state index contributed by atoms with van der Waals surface area (Å²) in [6, 6.07) is 11.2. The van der Waals surface area contributed by atoms with Gasteiger partial charge in [0.15, 0.2) is 11.7 Å². The van der Waals surface area contributed by atoms with Crippen LogP contribution in [0.2, 0.25) is 0 Å². The molecule has 0 nitrogen and oxygen atoms in total. The first kappa shape index (κ1) is 15.1. The van der Waals surface area contributed by atoms with Crippen LogP contribution in [-0.4, -0.2) is 0 Å². The van der Waals surface area contributed by atoms with Gasteiger partial charge in [0, 0.05) is 11.1 Å². The average Bonchev–Trinajstić information content (AvgIpc) is 2.53. The Kier molecular flexibility index (Phi) is 4.99. The fourth-order valence-corrected chi connectivity index (χ4v) is 1.89. The third kappa shape index (κ3) is 3.85. The largest absolute Gasteiger partial charge is 0.207 e. The van der Waals surface area contributed by atoms with Gasteiger partial charge in [-0.1, -0.05) is 36.4 Å². The van der Waals surface area contributed by atoms with Crippen LogP contribution in [0, 0.1) is 5.82 Å². The van der Waals surface area contributed by atoms with E-state index in [1.165, 1.54) is 24.3 Å². The van der Waals surface area contributed by atoms with Crippen molar-refractivity contribution < 1.29 is 13.2 Å². The minimum Gasteiger partial charge on any atom is -0.207 e. The second-order valence-corrected chi connectivity index (χ2v) is 4.60. The Bertz CT molecular complexity index is 650. The molecule has 0 spiro atoms. The molecule has 0 heterocycles. The molecule has 0 aliphatic carbocycles. The first-order chi connectivity index (χ1) is 10.1. The lowest BCUT2D eigenvalue weighted by molar-refractivity contribution is 0.627. The third-order valence-corrected chi connectivity index (χ3v) is 3.09. The van der Waals surface area contributed by atoms with Crippen LogP contribution in [-0.2, 0) is 6.42 Å². The fraction of sp³-hybridized carbons (Fsp3) is 0.111. The van der Waals surface area contributed by atoms with Crippen molar-refractivity contribution in [2.24, 2.45) is 0 Å². The van der Waals surface area contributed by atoms with Gasteiger partial charge < -0.3 is 0 Å². The van der Waals surface area contributed by atoms with Crippen molar-refractivity contribution in [3.8, 4) is 0 Å². The highest BCUT2D eigenvalue weighted by Crippen LogP contribution is 2.28. The highest BCUT2D eigenvalue weighted by atomic mass is 19.2. The normalized spacial score (nSPS) is 12.6. The van der Waals surface area contributed by atoms with Gasteiger partial charge in [0.1, 0.15) is 5.82 Å². The van der Waals surface area contributed by atoms with Gasteiger partial charge in [0.05, 0.1) is 0 Å². The number of halogens is 3. The predicted octanol–water partition coefficient (Wildman–Crippen LogP) is 5.71. The summed E-state index contributed by atoms with van der Waals surface area (Å²) in [6.07, 6.45) is 4.67. The smallest absolute Gasteiger partial charge is 0.166 e. The van der Waals surface area contributed by atoms with E-state index < -0.39 is 17.5 Å². The number of allylic oxidation sites excluding steroid dienone is 2. The molecular formula is C18H15F3. The molecule has 0 saturated heterocycles. The van der Waals surface area contributed by atoms with Crippen LogP contribution in [0.4, 0.5) is 13.2 Å². The summed E-state index contributed by atoms with van der Waals surface area (Å²) in [4.78, 5) is 0. The van der Waals surface area contributed by atoms with Gasteiger partial charge in [-0.15, -0.1) is 0 Å². The Morgan fingerprint density at radius 2 is 1.33 bits per heavy atom. The number of benzene rings is 2. The van der Waals surface area contributed by atoms with Crippen LogP contribution in [0.25, 0.3) is 11.7 Å². The molecule has 21 heavy (non-hydrogen) atoms. The minimum atomic E-state index is -0.990. The van der Waals surface area contributed by atoms with Crippen molar-refractivity contribution >= 4 is 11.7 Å². The van der Waals surface area contributed by atoms with Gasteiger partial charge in [0.25, 0.3) is 0 Å². The summed E-state index contributed by atoms with van der Waals surface area (Å²) >= 11 is 0. The van der Waals surface area contributed by atoms with Crippen molar-refractivity contribution in [3.63, 3.8) is 0 Å². The zero-order chi connectivity index (χ0) is 15.2. The summed E-state index contributed by atoms with van der Waals surface area (Å²) in [7, 11) is 0. The van der Waals surface area contributed by atoms with Crippen LogP contribution in [0.15, 0.2) is 60.7 Å². The second kappa shape index (κ2) is 6.93. The molecule has 108 valence electrons. The maximum atomic E-state index is 14.1. The molecule has 0 unspecified atom stereocenters. The fourth-order valence-electron chi connectivity index (χ4n) is 1.89. The monoisotopic (exact) mass is 288 g/mol. The third-order valence-electron chi connectivity index (χ3n) is 3.09. The zero-order valence-electron chi connectivity index (χ0n) is 11.6. The molecule has 2 aromatic rings. The summed E-state index contributed by atoms with van der Waals surface area (Å²) in [5.41, 5.74) is 1.21. The van der Waals surface area contributed by atoms with E-state index in [0.717, 1.165) is 24.1 Å². The molecule has 0 radical (unpaired) electrons. The second-order valence-electron chi connectivity index (χ2n) is 4.60. The lowest BCUT2D eigenvalue weighted by atomic mass is 10.1. The highest BCUT2D eigenvalue weighted by molar-refractivity contribution is 5.83. The molecule has 0 aliphatic rings. The van der Waals surface area contributed by atoms with Crippen molar-refractivity contribution in [2.45, 2.75) is 13.3 Å². The summed E-state index contributed by atoms with van der Waals surface area (Å²) in [5, 5.41) is 0.